The van der Waals surface area contributed by atoms with E-state index in [1.54, 1.807) is 20.8 Å². The molecule has 1 atom stereocenters. The summed E-state index contributed by atoms with van der Waals surface area (Å²) in [6, 6.07) is 3.22. The van der Waals surface area contributed by atoms with Crippen molar-refractivity contribution in [3.05, 3.63) is 35.1 Å². The lowest BCUT2D eigenvalue weighted by Crippen LogP contribution is -2.30. The fraction of sp³-hybridized carbons (Fsp3) is 0.500. The number of hydrogen-bond acceptors (Lipinski definition) is 4. The van der Waals surface area contributed by atoms with E-state index in [4.69, 9.17) is 0 Å². The van der Waals surface area contributed by atoms with Gasteiger partial charge in [0.15, 0.2) is 0 Å². The van der Waals surface area contributed by atoms with Crippen LogP contribution in [0.5, 0.6) is 0 Å². The van der Waals surface area contributed by atoms with Gasteiger partial charge in [0.1, 0.15) is 21.9 Å². The Morgan fingerprint density at radius 1 is 1.33 bits per heavy atom. The predicted octanol–water partition coefficient (Wildman–Crippen LogP) is 3.75. The summed E-state index contributed by atoms with van der Waals surface area (Å²) in [7, 11) is 0. The lowest BCUT2D eigenvalue weighted by molar-refractivity contribution is -0.173. The van der Waals surface area contributed by atoms with Gasteiger partial charge in [-0.05, 0) is 40.7 Å². The average molecular weight is 363 g/mol. The SMILES string of the molecule is CCOC(=O)C(F)(F)c1cccc(/C(C)=N/[S+]([O-])C(C)(C)C)c1F. The van der Waals surface area contributed by atoms with Crippen molar-refractivity contribution in [3.63, 3.8) is 0 Å². The molecule has 8 heteroatoms. The molecule has 1 aromatic rings. The maximum atomic E-state index is 14.5. The first-order chi connectivity index (χ1) is 10.9. The highest BCUT2D eigenvalue weighted by Crippen LogP contribution is 2.33. The van der Waals surface area contributed by atoms with Crippen molar-refractivity contribution in [2.45, 2.75) is 45.3 Å². The summed E-state index contributed by atoms with van der Waals surface area (Å²) in [6.07, 6.45) is 0. The molecule has 0 saturated carbocycles. The van der Waals surface area contributed by atoms with Gasteiger partial charge in [-0.1, -0.05) is 16.5 Å². The third-order valence-corrected chi connectivity index (χ3v) is 4.49. The lowest BCUT2D eigenvalue weighted by Gasteiger charge is -2.19. The van der Waals surface area contributed by atoms with E-state index in [0.717, 1.165) is 6.07 Å². The highest BCUT2D eigenvalue weighted by Gasteiger charge is 2.45. The number of nitrogens with zero attached hydrogens (tertiary/aromatic N) is 1. The van der Waals surface area contributed by atoms with E-state index in [2.05, 4.69) is 9.13 Å². The van der Waals surface area contributed by atoms with Gasteiger partial charge in [0.2, 0.25) is 0 Å². The molecule has 4 nitrogen and oxygen atoms in total. The fourth-order valence-corrected chi connectivity index (χ4v) is 2.32. The predicted molar refractivity (Wildman–Crippen MR) is 87.0 cm³/mol. The van der Waals surface area contributed by atoms with Gasteiger partial charge < -0.3 is 9.29 Å². The van der Waals surface area contributed by atoms with Crippen LogP contribution in [0.1, 0.15) is 45.7 Å². The number of hydrogen-bond donors (Lipinski definition) is 0. The Balaban J connectivity index is 3.32. The van der Waals surface area contributed by atoms with E-state index < -0.39 is 39.4 Å². The van der Waals surface area contributed by atoms with Gasteiger partial charge in [-0.25, -0.2) is 9.18 Å². The maximum Gasteiger partial charge on any atom is 0.382 e. The zero-order valence-corrected chi connectivity index (χ0v) is 15.0. The Hall–Kier alpha value is -1.54. The summed E-state index contributed by atoms with van der Waals surface area (Å²) in [4.78, 5) is 11.4. The average Bonchev–Trinajstić information content (AvgIpc) is 2.46. The van der Waals surface area contributed by atoms with Crippen LogP contribution in [-0.4, -0.2) is 27.6 Å². The number of carbonyl (C=O) groups is 1. The molecule has 0 saturated heterocycles. The zero-order valence-electron chi connectivity index (χ0n) is 14.2. The van der Waals surface area contributed by atoms with Crippen LogP contribution in [0, 0.1) is 5.82 Å². The van der Waals surface area contributed by atoms with Gasteiger partial charge in [0.25, 0.3) is 0 Å². The molecule has 1 unspecified atom stereocenters. The second-order valence-electron chi connectivity index (χ2n) is 6.00. The molecular weight excluding hydrogens is 343 g/mol. The minimum Gasteiger partial charge on any atom is -0.591 e. The molecule has 0 aliphatic heterocycles. The molecule has 1 aromatic carbocycles. The first kappa shape index (κ1) is 20.5. The maximum absolute atomic E-state index is 14.5. The number of alkyl halides is 2. The van der Waals surface area contributed by atoms with E-state index in [-0.39, 0.29) is 17.9 Å². The number of rotatable bonds is 5. The van der Waals surface area contributed by atoms with E-state index in [9.17, 15) is 22.5 Å². The molecule has 0 bridgehead atoms. The highest BCUT2D eigenvalue weighted by atomic mass is 32.2. The molecule has 0 aromatic heterocycles. The van der Waals surface area contributed by atoms with Gasteiger partial charge in [-0.15, -0.1) is 0 Å². The number of halogens is 3. The van der Waals surface area contributed by atoms with Crippen LogP contribution in [0.2, 0.25) is 0 Å². The van der Waals surface area contributed by atoms with E-state index in [0.29, 0.717) is 0 Å². The molecule has 24 heavy (non-hydrogen) atoms. The minimum absolute atomic E-state index is 0.00210. The second kappa shape index (κ2) is 7.57. The van der Waals surface area contributed by atoms with Crippen molar-refractivity contribution >= 4 is 23.0 Å². The molecular formula is C16H20F3NO3S. The summed E-state index contributed by atoms with van der Waals surface area (Å²) in [6.45, 7) is 7.54. The number of benzene rings is 1. The monoisotopic (exact) mass is 363 g/mol. The zero-order chi connectivity index (χ0) is 18.7. The lowest BCUT2D eigenvalue weighted by atomic mass is 10.0. The Bertz CT molecular complexity index is 642. The van der Waals surface area contributed by atoms with Crippen molar-refractivity contribution < 1.29 is 27.3 Å². The van der Waals surface area contributed by atoms with Crippen LogP contribution >= 0.6 is 0 Å². The molecule has 0 N–H and O–H groups in total. The van der Waals surface area contributed by atoms with Gasteiger partial charge in [0.05, 0.1) is 17.9 Å². The van der Waals surface area contributed by atoms with Crippen LogP contribution in [0.3, 0.4) is 0 Å². The molecule has 0 aliphatic carbocycles. The van der Waals surface area contributed by atoms with Crippen LogP contribution in [0.4, 0.5) is 13.2 Å². The smallest absolute Gasteiger partial charge is 0.382 e. The van der Waals surface area contributed by atoms with Crippen molar-refractivity contribution in [1.82, 2.24) is 0 Å². The largest absolute Gasteiger partial charge is 0.591 e. The van der Waals surface area contributed by atoms with Gasteiger partial charge >= 0.3 is 11.9 Å². The third kappa shape index (κ3) is 4.51. The number of esters is 1. The summed E-state index contributed by atoms with van der Waals surface area (Å²) in [5.74, 6) is -7.24. The van der Waals surface area contributed by atoms with E-state index >= 15 is 0 Å². The molecule has 0 spiro atoms. The van der Waals surface area contributed by atoms with Crippen molar-refractivity contribution in [2.24, 2.45) is 4.40 Å². The van der Waals surface area contributed by atoms with Gasteiger partial charge in [-0.2, -0.15) is 8.78 Å². The molecule has 134 valence electrons. The fourth-order valence-electron chi connectivity index (χ4n) is 1.70. The molecule has 0 radical (unpaired) electrons. The van der Waals surface area contributed by atoms with Crippen molar-refractivity contribution in [2.75, 3.05) is 6.61 Å². The molecule has 0 amide bonds. The van der Waals surface area contributed by atoms with Crippen LogP contribution in [0.25, 0.3) is 0 Å². The van der Waals surface area contributed by atoms with Crippen LogP contribution < -0.4 is 0 Å². The molecule has 1 rings (SSSR count). The summed E-state index contributed by atoms with van der Waals surface area (Å²) in [5, 5.41) is 0. The Kier molecular flexibility index (Phi) is 6.46. The van der Waals surface area contributed by atoms with Crippen LogP contribution in [-0.2, 0) is 26.8 Å². The summed E-state index contributed by atoms with van der Waals surface area (Å²) >= 11 is -1.67. The topological polar surface area (TPSA) is 61.7 Å². The van der Waals surface area contributed by atoms with Crippen molar-refractivity contribution in [1.29, 1.82) is 0 Å². The summed E-state index contributed by atoms with van der Waals surface area (Å²) in [5.41, 5.74) is -1.34. The van der Waals surface area contributed by atoms with Gasteiger partial charge in [0, 0.05) is 5.56 Å². The van der Waals surface area contributed by atoms with Gasteiger partial charge in [-0.3, -0.25) is 0 Å². The Morgan fingerprint density at radius 3 is 2.42 bits per heavy atom. The Morgan fingerprint density at radius 2 is 1.92 bits per heavy atom. The second-order valence-corrected chi connectivity index (χ2v) is 7.91. The summed E-state index contributed by atoms with van der Waals surface area (Å²) < 4.78 is 62.2. The van der Waals surface area contributed by atoms with Crippen molar-refractivity contribution in [3.8, 4) is 0 Å². The Labute approximate surface area is 142 Å². The minimum atomic E-state index is -4.13. The number of ether oxygens (including phenoxy) is 1. The molecule has 0 aliphatic rings. The first-order valence-corrected chi connectivity index (χ1v) is 8.35. The molecule has 0 fully saturated rings. The standard InChI is InChI=1S/C16H20F3NO3S/c1-6-23-14(21)16(18,19)12-9-7-8-11(13(12)17)10(2)20-24(22)15(3,4)5/h7-9H,6H2,1-5H3/b20-10+. The molecule has 0 heterocycles. The number of carbonyl (C=O) groups excluding carboxylic acids is 1. The van der Waals surface area contributed by atoms with Crippen LogP contribution in [0.15, 0.2) is 22.6 Å². The first-order valence-electron chi connectivity index (χ1n) is 7.24. The van der Waals surface area contributed by atoms with E-state index in [1.165, 1.54) is 26.0 Å². The third-order valence-electron chi connectivity index (χ3n) is 3.00. The quantitative estimate of drug-likeness (QED) is 0.455. The highest BCUT2D eigenvalue weighted by molar-refractivity contribution is 7.91. The normalized spacial score (nSPS) is 14.5. The van der Waals surface area contributed by atoms with E-state index in [1.807, 2.05) is 0 Å².